The van der Waals surface area contributed by atoms with Gasteiger partial charge in [-0.15, -0.1) is 0 Å². The number of hydrogen-bond acceptors (Lipinski definition) is 3. The summed E-state index contributed by atoms with van der Waals surface area (Å²) in [5.41, 5.74) is 7.96. The minimum atomic E-state index is -0.0253. The van der Waals surface area contributed by atoms with E-state index in [0.29, 0.717) is 23.8 Å². The van der Waals surface area contributed by atoms with Crippen LogP contribution in [0.15, 0.2) is 30.3 Å². The molecule has 0 unspecified atom stereocenters. The Balaban J connectivity index is 1.77. The Hall–Kier alpha value is -1.85. The molecule has 110 valence electrons. The molecule has 3 N–H and O–H groups in total. The Morgan fingerprint density at radius 3 is 2.81 bits per heavy atom. The van der Waals surface area contributed by atoms with Crippen molar-refractivity contribution in [2.24, 2.45) is 5.73 Å². The number of nitrogens with two attached hydrogens (primary N) is 1. The van der Waals surface area contributed by atoms with Crippen molar-refractivity contribution in [1.29, 1.82) is 0 Å². The monoisotopic (exact) mass is 304 g/mol. The molecule has 1 amide bonds. The largest absolute Gasteiger partial charge is 0.337 e. The van der Waals surface area contributed by atoms with Crippen molar-refractivity contribution in [3.05, 3.63) is 41.0 Å². The predicted molar refractivity (Wildman–Crippen MR) is 82.1 cm³/mol. The quantitative estimate of drug-likeness (QED) is 0.894. The number of carbonyl (C=O) groups excluding carboxylic acids is 1. The zero-order valence-corrected chi connectivity index (χ0v) is 12.3. The third kappa shape index (κ3) is 3.09. The van der Waals surface area contributed by atoms with Crippen LogP contribution in [-0.2, 0) is 0 Å². The Labute approximate surface area is 128 Å². The number of H-pyrrole nitrogens is 1. The molecule has 0 saturated carbocycles. The van der Waals surface area contributed by atoms with E-state index in [-0.39, 0.29) is 11.9 Å². The Morgan fingerprint density at radius 1 is 1.33 bits per heavy atom. The van der Waals surface area contributed by atoms with Gasteiger partial charge in [0, 0.05) is 29.7 Å². The number of hydrogen-bond donors (Lipinski definition) is 2. The molecule has 5 nitrogen and oxygen atoms in total. The first-order valence-corrected chi connectivity index (χ1v) is 7.37. The lowest BCUT2D eigenvalue weighted by atomic mass is 10.1. The highest BCUT2D eigenvalue weighted by atomic mass is 35.5. The van der Waals surface area contributed by atoms with Gasteiger partial charge in [0.2, 0.25) is 0 Å². The molecule has 21 heavy (non-hydrogen) atoms. The molecule has 1 aliphatic rings. The molecular weight excluding hydrogens is 288 g/mol. The number of aromatic nitrogens is 2. The van der Waals surface area contributed by atoms with Gasteiger partial charge in [-0.25, -0.2) is 0 Å². The van der Waals surface area contributed by atoms with Gasteiger partial charge in [0.25, 0.3) is 5.91 Å². The van der Waals surface area contributed by atoms with E-state index in [1.807, 2.05) is 23.1 Å². The zero-order chi connectivity index (χ0) is 14.8. The maximum absolute atomic E-state index is 12.4. The molecule has 2 heterocycles. The van der Waals surface area contributed by atoms with Gasteiger partial charge in [0.15, 0.2) is 0 Å². The van der Waals surface area contributed by atoms with Gasteiger partial charge in [0.1, 0.15) is 5.69 Å². The van der Waals surface area contributed by atoms with E-state index >= 15 is 0 Å². The van der Waals surface area contributed by atoms with Crippen LogP contribution in [0.3, 0.4) is 0 Å². The zero-order valence-electron chi connectivity index (χ0n) is 11.6. The SMILES string of the molecule is NC1CCN(C(=O)c2cc(-c3cccc(Cl)c3)n[nH]2)CC1. The molecule has 1 aromatic carbocycles. The number of nitrogens with one attached hydrogen (secondary N) is 1. The lowest BCUT2D eigenvalue weighted by molar-refractivity contribution is 0.0709. The van der Waals surface area contributed by atoms with Crippen molar-refractivity contribution in [3.63, 3.8) is 0 Å². The molecule has 2 aromatic rings. The average Bonchev–Trinajstić information content (AvgIpc) is 2.97. The van der Waals surface area contributed by atoms with Crippen molar-refractivity contribution in [1.82, 2.24) is 15.1 Å². The van der Waals surface area contributed by atoms with Crippen LogP contribution in [0, 0.1) is 0 Å². The van der Waals surface area contributed by atoms with Crippen molar-refractivity contribution < 1.29 is 4.79 Å². The van der Waals surface area contributed by atoms with Gasteiger partial charge >= 0.3 is 0 Å². The molecule has 0 spiro atoms. The van der Waals surface area contributed by atoms with E-state index in [4.69, 9.17) is 17.3 Å². The van der Waals surface area contributed by atoms with Gasteiger partial charge in [-0.3, -0.25) is 9.89 Å². The maximum atomic E-state index is 12.4. The minimum Gasteiger partial charge on any atom is -0.337 e. The second-order valence-corrected chi connectivity index (χ2v) is 5.74. The molecule has 1 aliphatic heterocycles. The smallest absolute Gasteiger partial charge is 0.271 e. The van der Waals surface area contributed by atoms with Crippen molar-refractivity contribution in [2.75, 3.05) is 13.1 Å². The average molecular weight is 305 g/mol. The number of carbonyl (C=O) groups is 1. The summed E-state index contributed by atoms with van der Waals surface area (Å²) in [6, 6.07) is 9.38. The molecular formula is C15H17ClN4O. The second kappa shape index (κ2) is 5.87. The number of amides is 1. The van der Waals surface area contributed by atoms with Crippen molar-refractivity contribution >= 4 is 17.5 Å². The Morgan fingerprint density at radius 2 is 2.10 bits per heavy atom. The normalized spacial score (nSPS) is 16.2. The second-order valence-electron chi connectivity index (χ2n) is 5.31. The molecule has 1 aromatic heterocycles. The van der Waals surface area contributed by atoms with Crippen LogP contribution in [0.2, 0.25) is 5.02 Å². The van der Waals surface area contributed by atoms with Crippen molar-refractivity contribution in [3.8, 4) is 11.3 Å². The first kappa shape index (κ1) is 14.1. The summed E-state index contributed by atoms with van der Waals surface area (Å²) < 4.78 is 0. The number of halogens is 1. The highest BCUT2D eigenvalue weighted by Crippen LogP contribution is 2.22. The fraction of sp³-hybridized carbons (Fsp3) is 0.333. The molecule has 1 fully saturated rings. The minimum absolute atomic E-state index is 0.0253. The Bertz CT molecular complexity index is 647. The van der Waals surface area contributed by atoms with Gasteiger partial charge < -0.3 is 10.6 Å². The van der Waals surface area contributed by atoms with E-state index in [2.05, 4.69) is 10.2 Å². The van der Waals surface area contributed by atoms with E-state index in [9.17, 15) is 4.79 Å². The van der Waals surface area contributed by atoms with Gasteiger partial charge in [0.05, 0.1) is 5.69 Å². The number of likely N-dealkylation sites (tertiary alicyclic amines) is 1. The van der Waals surface area contributed by atoms with Crippen molar-refractivity contribution in [2.45, 2.75) is 18.9 Å². The number of piperidine rings is 1. The third-order valence-corrected chi connectivity index (χ3v) is 3.99. The summed E-state index contributed by atoms with van der Waals surface area (Å²) in [7, 11) is 0. The fourth-order valence-corrected chi connectivity index (χ4v) is 2.69. The first-order chi connectivity index (χ1) is 10.1. The maximum Gasteiger partial charge on any atom is 0.271 e. The highest BCUT2D eigenvalue weighted by Gasteiger charge is 2.23. The van der Waals surface area contributed by atoms with Crippen LogP contribution < -0.4 is 5.73 Å². The van der Waals surface area contributed by atoms with Crippen LogP contribution in [0.5, 0.6) is 0 Å². The molecule has 0 aliphatic carbocycles. The van der Waals surface area contributed by atoms with E-state index < -0.39 is 0 Å². The van der Waals surface area contributed by atoms with Crippen LogP contribution in [-0.4, -0.2) is 40.1 Å². The van der Waals surface area contributed by atoms with Gasteiger partial charge in [-0.2, -0.15) is 5.10 Å². The summed E-state index contributed by atoms with van der Waals surface area (Å²) in [5, 5.41) is 7.67. The number of aromatic amines is 1. The van der Waals surface area contributed by atoms with Crippen LogP contribution in [0.1, 0.15) is 23.3 Å². The van der Waals surface area contributed by atoms with Crippen LogP contribution in [0.4, 0.5) is 0 Å². The van der Waals surface area contributed by atoms with Gasteiger partial charge in [-0.1, -0.05) is 23.7 Å². The summed E-state index contributed by atoms with van der Waals surface area (Å²) in [6.45, 7) is 1.40. The molecule has 0 radical (unpaired) electrons. The predicted octanol–water partition coefficient (Wildman–Crippen LogP) is 2.29. The lowest BCUT2D eigenvalue weighted by Crippen LogP contribution is -2.42. The van der Waals surface area contributed by atoms with Crippen LogP contribution >= 0.6 is 11.6 Å². The van der Waals surface area contributed by atoms with Crippen LogP contribution in [0.25, 0.3) is 11.3 Å². The molecule has 6 heteroatoms. The number of benzene rings is 1. The lowest BCUT2D eigenvalue weighted by Gasteiger charge is -2.29. The Kier molecular flexibility index (Phi) is 3.94. The summed E-state index contributed by atoms with van der Waals surface area (Å²) in [6.07, 6.45) is 1.70. The first-order valence-electron chi connectivity index (χ1n) is 6.99. The molecule has 3 rings (SSSR count). The molecule has 0 bridgehead atoms. The van der Waals surface area contributed by atoms with E-state index in [1.165, 1.54) is 0 Å². The molecule has 0 atom stereocenters. The van der Waals surface area contributed by atoms with E-state index in [0.717, 1.165) is 24.1 Å². The summed E-state index contributed by atoms with van der Waals surface area (Å²) >= 11 is 5.97. The van der Waals surface area contributed by atoms with E-state index in [1.54, 1.807) is 12.1 Å². The number of rotatable bonds is 2. The fourth-order valence-electron chi connectivity index (χ4n) is 2.50. The third-order valence-electron chi connectivity index (χ3n) is 3.76. The van der Waals surface area contributed by atoms with Gasteiger partial charge in [-0.05, 0) is 31.0 Å². The topological polar surface area (TPSA) is 75.0 Å². The summed E-state index contributed by atoms with van der Waals surface area (Å²) in [5.74, 6) is -0.0253. The highest BCUT2D eigenvalue weighted by molar-refractivity contribution is 6.30. The summed E-state index contributed by atoms with van der Waals surface area (Å²) in [4.78, 5) is 14.2. The number of nitrogens with zero attached hydrogens (tertiary/aromatic N) is 2. The standard InChI is InChI=1S/C15H17ClN4O/c16-11-3-1-2-10(8-11)13-9-14(19-18-13)15(21)20-6-4-12(17)5-7-20/h1-3,8-9,12H,4-7,17H2,(H,18,19). The molecule has 1 saturated heterocycles.